The smallest absolute Gasteiger partial charge is 0.408 e. The molecule has 202 valence electrons. The minimum absolute atomic E-state index is 0.156. The number of nitrogens with one attached hydrogen (secondary N) is 2. The highest BCUT2D eigenvalue weighted by Crippen LogP contribution is 2.26. The van der Waals surface area contributed by atoms with Crippen LogP contribution in [0.5, 0.6) is 0 Å². The lowest BCUT2D eigenvalue weighted by Gasteiger charge is -2.21. The molecule has 2 amide bonds. The third kappa shape index (κ3) is 7.68. The molecule has 0 bridgehead atoms. The Balaban J connectivity index is 1.65. The number of para-hydroxylation sites is 1. The third-order valence-electron chi connectivity index (χ3n) is 5.91. The van der Waals surface area contributed by atoms with Crippen molar-refractivity contribution in [1.82, 2.24) is 15.2 Å². The Bertz CT molecular complexity index is 1320. The molecule has 0 aliphatic rings. The number of nitrogens with zero attached hydrogens (tertiary/aromatic N) is 2. The number of ether oxygens (including phenoxy) is 1. The predicted molar refractivity (Wildman–Crippen MR) is 148 cm³/mol. The van der Waals surface area contributed by atoms with Crippen molar-refractivity contribution in [2.75, 3.05) is 19.4 Å². The van der Waals surface area contributed by atoms with Crippen LogP contribution in [0.15, 0.2) is 47.0 Å². The summed E-state index contributed by atoms with van der Waals surface area (Å²) in [5.74, 6) is 1.30. The number of amides is 2. The molecular formula is C29H36N4O5. The molecule has 0 fully saturated rings. The molecule has 0 radical (unpaired) electrons. The van der Waals surface area contributed by atoms with E-state index in [0.717, 1.165) is 33.4 Å². The highest BCUT2D eigenvalue weighted by Gasteiger charge is 2.20. The zero-order valence-electron chi connectivity index (χ0n) is 22.8. The Morgan fingerprint density at radius 3 is 2.66 bits per heavy atom. The maximum Gasteiger partial charge on any atom is 0.408 e. The fraction of sp³-hybridized carbons (Fsp3) is 0.379. The van der Waals surface area contributed by atoms with E-state index in [4.69, 9.17) is 9.15 Å². The lowest BCUT2D eigenvalue weighted by atomic mass is 10.0. The molecule has 0 spiro atoms. The first-order valence-corrected chi connectivity index (χ1v) is 12.5. The lowest BCUT2D eigenvalue weighted by Crippen LogP contribution is -2.40. The van der Waals surface area contributed by atoms with Gasteiger partial charge in [0.15, 0.2) is 0 Å². The van der Waals surface area contributed by atoms with Crippen LogP contribution in [-0.4, -0.2) is 53.9 Å². The second kappa shape index (κ2) is 12.4. The molecule has 0 unspecified atom stereocenters. The van der Waals surface area contributed by atoms with Crippen LogP contribution in [0.3, 0.4) is 0 Å². The summed E-state index contributed by atoms with van der Waals surface area (Å²) in [6, 6.07) is 8.98. The summed E-state index contributed by atoms with van der Waals surface area (Å²) in [5.41, 5.74) is 2.73. The largest absolute Gasteiger partial charge is 0.461 e. The Kier molecular flexibility index (Phi) is 9.28. The van der Waals surface area contributed by atoms with Gasteiger partial charge in [0, 0.05) is 43.9 Å². The van der Waals surface area contributed by atoms with Crippen LogP contribution < -0.4 is 10.6 Å². The maximum atomic E-state index is 12.8. The monoisotopic (exact) mass is 520 g/mol. The van der Waals surface area contributed by atoms with Gasteiger partial charge >= 0.3 is 6.09 Å². The molecule has 0 aliphatic heterocycles. The number of furan rings is 1. The van der Waals surface area contributed by atoms with Gasteiger partial charge in [-0.2, -0.15) is 0 Å². The quantitative estimate of drug-likeness (QED) is 0.289. The second-order valence-electron chi connectivity index (χ2n) is 10.1. The number of likely N-dealkylation sites (N-methyl/N-ethyl adjacent to an activating group) is 1. The van der Waals surface area contributed by atoms with Crippen LogP contribution in [0.4, 0.5) is 10.6 Å². The minimum Gasteiger partial charge on any atom is -0.461 e. The summed E-state index contributed by atoms with van der Waals surface area (Å²) in [6.45, 7) is 7.60. The average molecular weight is 521 g/mol. The number of pyridine rings is 1. The molecule has 2 N–H and O–H groups in total. The number of hydrogen-bond acceptors (Lipinski definition) is 7. The highest BCUT2D eigenvalue weighted by atomic mass is 16.6. The Morgan fingerprint density at radius 2 is 1.97 bits per heavy atom. The van der Waals surface area contributed by atoms with E-state index < -0.39 is 17.7 Å². The van der Waals surface area contributed by atoms with Crippen LogP contribution in [0.25, 0.3) is 17.0 Å². The number of aldehydes is 1. The number of fused-ring (bicyclic) bond motifs is 1. The molecule has 9 heteroatoms. The number of rotatable bonds is 10. The average Bonchev–Trinajstić information content (AvgIpc) is 3.18. The van der Waals surface area contributed by atoms with Gasteiger partial charge in [-0.15, -0.1) is 0 Å². The molecule has 9 nitrogen and oxygen atoms in total. The SMILES string of the molecule is CNc1ncc(/C=C/C(=O)N(C)Cc2c(C)oc3ccccc23)cc1CC[C@@H](C=O)NC(=O)OC(C)(C)C. The summed E-state index contributed by atoms with van der Waals surface area (Å²) >= 11 is 0. The van der Waals surface area contributed by atoms with Crippen molar-refractivity contribution in [2.45, 2.75) is 58.7 Å². The summed E-state index contributed by atoms with van der Waals surface area (Å²) in [5, 5.41) is 6.63. The first kappa shape index (κ1) is 28.4. The fourth-order valence-corrected chi connectivity index (χ4v) is 4.01. The van der Waals surface area contributed by atoms with Crippen LogP contribution in [0, 0.1) is 6.92 Å². The van der Waals surface area contributed by atoms with E-state index in [-0.39, 0.29) is 5.91 Å². The van der Waals surface area contributed by atoms with E-state index in [9.17, 15) is 14.4 Å². The first-order chi connectivity index (χ1) is 18.0. The van der Waals surface area contributed by atoms with Crippen LogP contribution in [-0.2, 0) is 27.3 Å². The van der Waals surface area contributed by atoms with Gasteiger partial charge in [0.25, 0.3) is 0 Å². The van der Waals surface area contributed by atoms with Gasteiger partial charge in [-0.3, -0.25) is 4.79 Å². The number of alkyl carbamates (subject to hydrolysis) is 1. The van der Waals surface area contributed by atoms with Gasteiger partial charge in [0.1, 0.15) is 29.0 Å². The maximum absolute atomic E-state index is 12.8. The lowest BCUT2D eigenvalue weighted by molar-refractivity contribution is -0.125. The van der Waals surface area contributed by atoms with Gasteiger partial charge in [-0.25, -0.2) is 9.78 Å². The number of benzene rings is 1. The van der Waals surface area contributed by atoms with E-state index in [0.29, 0.717) is 31.5 Å². The van der Waals surface area contributed by atoms with Gasteiger partial charge in [0.05, 0.1) is 6.04 Å². The molecule has 38 heavy (non-hydrogen) atoms. The van der Waals surface area contributed by atoms with Crippen LogP contribution >= 0.6 is 0 Å². The van der Waals surface area contributed by atoms with Gasteiger partial charge in [0.2, 0.25) is 5.91 Å². The van der Waals surface area contributed by atoms with E-state index >= 15 is 0 Å². The minimum atomic E-state index is -0.702. The first-order valence-electron chi connectivity index (χ1n) is 12.5. The number of aryl methyl sites for hydroxylation is 2. The Labute approximate surface area is 223 Å². The number of anilines is 1. The number of carbonyl (C=O) groups excluding carboxylic acids is 3. The van der Waals surface area contributed by atoms with Crippen molar-refractivity contribution >= 4 is 41.1 Å². The van der Waals surface area contributed by atoms with Gasteiger partial charge in [-0.05, 0) is 69.9 Å². The van der Waals surface area contributed by atoms with Crippen LogP contribution in [0.1, 0.15) is 49.6 Å². The molecule has 2 aromatic heterocycles. The number of carbonyl (C=O) groups is 3. The summed E-state index contributed by atoms with van der Waals surface area (Å²) in [4.78, 5) is 42.5. The van der Waals surface area contributed by atoms with Crippen molar-refractivity contribution in [3.63, 3.8) is 0 Å². The standard InChI is InChI=1S/C29H36N4O5/c1-19-24(23-9-7-8-10-25(23)37-19)17-33(6)26(35)14-11-20-15-21(27(30-5)31-16-20)12-13-22(18-34)32-28(36)38-29(2,3)4/h7-11,14-16,18,22H,12-13,17H2,1-6H3,(H,30,31)(H,32,36)/b14-11+/t22-/m0/s1. The number of hydrogen-bond donors (Lipinski definition) is 2. The summed E-state index contributed by atoms with van der Waals surface area (Å²) in [7, 11) is 3.51. The molecule has 0 saturated carbocycles. The highest BCUT2D eigenvalue weighted by molar-refractivity contribution is 5.92. The van der Waals surface area contributed by atoms with Crippen molar-refractivity contribution in [3.05, 3.63) is 65.1 Å². The van der Waals surface area contributed by atoms with Crippen molar-refractivity contribution in [2.24, 2.45) is 0 Å². The fourth-order valence-electron chi connectivity index (χ4n) is 4.01. The zero-order valence-corrected chi connectivity index (χ0v) is 22.8. The molecule has 0 saturated heterocycles. The van der Waals surface area contributed by atoms with Crippen LogP contribution in [0.2, 0.25) is 0 Å². The molecule has 3 rings (SSSR count). The summed E-state index contributed by atoms with van der Waals surface area (Å²) in [6.07, 6.45) is 5.79. The molecule has 2 heterocycles. The third-order valence-corrected chi connectivity index (χ3v) is 5.91. The molecule has 0 aliphatic carbocycles. The molecular weight excluding hydrogens is 484 g/mol. The van der Waals surface area contributed by atoms with Gasteiger partial charge < -0.3 is 29.5 Å². The molecule has 1 atom stereocenters. The van der Waals surface area contributed by atoms with E-state index in [1.807, 2.05) is 37.3 Å². The van der Waals surface area contributed by atoms with Gasteiger partial charge in [-0.1, -0.05) is 18.2 Å². The van der Waals surface area contributed by atoms with Crippen molar-refractivity contribution in [1.29, 1.82) is 0 Å². The molecule has 1 aromatic carbocycles. The zero-order chi connectivity index (χ0) is 27.9. The number of aromatic nitrogens is 1. The predicted octanol–water partition coefficient (Wildman–Crippen LogP) is 4.87. The van der Waals surface area contributed by atoms with Crippen molar-refractivity contribution in [3.8, 4) is 0 Å². The van der Waals surface area contributed by atoms with E-state index in [2.05, 4.69) is 15.6 Å². The van der Waals surface area contributed by atoms with Crippen molar-refractivity contribution < 1.29 is 23.5 Å². The molecule has 3 aromatic rings. The van der Waals surface area contributed by atoms with E-state index in [1.54, 1.807) is 52.0 Å². The Hall–Kier alpha value is -4.14. The topological polar surface area (TPSA) is 114 Å². The normalized spacial score (nSPS) is 12.4. The summed E-state index contributed by atoms with van der Waals surface area (Å²) < 4.78 is 11.0. The van der Waals surface area contributed by atoms with E-state index in [1.165, 1.54) is 6.08 Å². The Morgan fingerprint density at radius 1 is 1.24 bits per heavy atom. The second-order valence-corrected chi connectivity index (χ2v) is 10.1.